The molecule has 184 valence electrons. The lowest BCUT2D eigenvalue weighted by Gasteiger charge is -2.20. The summed E-state index contributed by atoms with van der Waals surface area (Å²) in [6, 6.07) is 37.0. The number of benzene rings is 3. The van der Waals surface area contributed by atoms with Gasteiger partial charge in [-0.25, -0.2) is 0 Å². The summed E-state index contributed by atoms with van der Waals surface area (Å²) in [5, 5.41) is 6.82. The number of thiophene rings is 4. The van der Waals surface area contributed by atoms with Gasteiger partial charge in [0.15, 0.2) is 0 Å². The van der Waals surface area contributed by atoms with Gasteiger partial charge in [-0.05, 0) is 81.2 Å². The molecule has 0 radical (unpaired) electrons. The molecule has 0 N–H and O–H groups in total. The summed E-state index contributed by atoms with van der Waals surface area (Å²) in [5.41, 5.74) is 3.06. The number of hydrogen-bond donors (Lipinski definition) is 0. The van der Waals surface area contributed by atoms with Gasteiger partial charge in [-0.15, -0.1) is 45.3 Å². The van der Waals surface area contributed by atoms with E-state index in [1.807, 2.05) is 22.7 Å². The van der Waals surface area contributed by atoms with E-state index in [1.54, 1.807) is 22.7 Å². The summed E-state index contributed by atoms with van der Waals surface area (Å²) in [4.78, 5) is 17.5. The fourth-order valence-electron chi connectivity index (χ4n) is 5.24. The second-order valence-electron chi connectivity index (χ2n) is 9.32. The summed E-state index contributed by atoms with van der Waals surface area (Å²) >= 11 is 7.25. The highest BCUT2D eigenvalue weighted by Gasteiger charge is 2.25. The van der Waals surface area contributed by atoms with Crippen molar-refractivity contribution in [3.8, 4) is 0 Å². The van der Waals surface area contributed by atoms with Crippen molar-refractivity contribution in [1.29, 1.82) is 0 Å². The maximum Gasteiger partial charge on any atom is 0.150 e. The molecule has 0 amide bonds. The molecular formula is C33H22OS4. The van der Waals surface area contributed by atoms with Gasteiger partial charge in [-0.3, -0.25) is 4.79 Å². The number of hydrogen-bond acceptors (Lipinski definition) is 5. The summed E-state index contributed by atoms with van der Waals surface area (Å²) in [5.74, 6) is 0.162. The molecule has 2 unspecified atom stereocenters. The zero-order chi connectivity index (χ0) is 25.5. The first-order chi connectivity index (χ1) is 18.8. The van der Waals surface area contributed by atoms with Crippen molar-refractivity contribution in [2.45, 2.75) is 11.8 Å². The Morgan fingerprint density at radius 2 is 1.03 bits per heavy atom. The molecular weight excluding hydrogens is 541 g/mol. The Morgan fingerprint density at radius 3 is 1.45 bits per heavy atom. The molecule has 1 nitrogen and oxygen atoms in total. The van der Waals surface area contributed by atoms with Crippen LogP contribution in [0, 0.1) is 0 Å². The standard InChI is InChI=1S/C33H22OS4/c34-20-21-15-24(32(28-11-5-13-35-28)30-18-22-7-1-3-9-26(22)37-30)17-25(16-21)33(29-12-6-14-36-29)31-19-23-8-2-4-10-27(23)38-31/h1-20,32-33H. The van der Waals surface area contributed by atoms with E-state index >= 15 is 0 Å². The molecule has 4 heterocycles. The van der Waals surface area contributed by atoms with E-state index in [-0.39, 0.29) is 11.8 Å². The third-order valence-electron chi connectivity index (χ3n) is 6.92. The van der Waals surface area contributed by atoms with Gasteiger partial charge in [-0.1, -0.05) is 54.6 Å². The van der Waals surface area contributed by atoms with Crippen molar-refractivity contribution in [3.63, 3.8) is 0 Å². The van der Waals surface area contributed by atoms with Crippen molar-refractivity contribution >= 4 is 71.8 Å². The van der Waals surface area contributed by atoms with Crippen LogP contribution in [0.25, 0.3) is 20.2 Å². The number of carbonyl (C=O) groups is 1. The third kappa shape index (κ3) is 4.36. The first kappa shape index (κ1) is 23.7. The maximum absolute atomic E-state index is 12.3. The van der Waals surface area contributed by atoms with Crippen LogP contribution in [0.15, 0.2) is 114 Å². The molecule has 4 aromatic heterocycles. The molecule has 0 fully saturated rings. The van der Waals surface area contributed by atoms with Crippen LogP contribution in [-0.2, 0) is 0 Å². The molecule has 5 heteroatoms. The van der Waals surface area contributed by atoms with Crippen LogP contribution in [0.4, 0.5) is 0 Å². The Hall–Kier alpha value is -3.35. The van der Waals surface area contributed by atoms with E-state index in [0.29, 0.717) is 0 Å². The highest BCUT2D eigenvalue weighted by atomic mass is 32.1. The molecule has 2 atom stereocenters. The van der Waals surface area contributed by atoms with Crippen LogP contribution >= 0.6 is 45.3 Å². The summed E-state index contributed by atoms with van der Waals surface area (Å²) < 4.78 is 2.58. The molecule has 0 spiro atoms. The van der Waals surface area contributed by atoms with Crippen LogP contribution in [0.2, 0.25) is 0 Å². The number of carbonyl (C=O) groups excluding carboxylic acids is 1. The van der Waals surface area contributed by atoms with E-state index < -0.39 is 0 Å². The number of aldehydes is 1. The molecule has 0 saturated heterocycles. The van der Waals surface area contributed by atoms with Gasteiger partial charge in [0, 0.05) is 34.5 Å². The molecule has 0 bridgehead atoms. The Morgan fingerprint density at radius 1 is 0.526 bits per heavy atom. The minimum absolute atomic E-state index is 0.0810. The van der Waals surface area contributed by atoms with E-state index in [0.717, 1.165) is 11.8 Å². The van der Waals surface area contributed by atoms with E-state index in [1.165, 1.54) is 50.8 Å². The lowest BCUT2D eigenvalue weighted by Crippen LogP contribution is -2.05. The monoisotopic (exact) mass is 562 g/mol. The van der Waals surface area contributed by atoms with Crippen LogP contribution in [-0.4, -0.2) is 6.29 Å². The van der Waals surface area contributed by atoms with Crippen LogP contribution in [0.3, 0.4) is 0 Å². The van der Waals surface area contributed by atoms with Crippen molar-refractivity contribution in [2.75, 3.05) is 0 Å². The topological polar surface area (TPSA) is 17.1 Å². The van der Waals surface area contributed by atoms with Crippen molar-refractivity contribution in [3.05, 3.63) is 150 Å². The average molecular weight is 563 g/mol. The highest BCUT2D eigenvalue weighted by Crippen LogP contribution is 2.44. The SMILES string of the molecule is O=Cc1cc(C(c2cccs2)c2cc3ccccc3s2)cc(C(c2cccs2)c2cc3ccccc3s2)c1. The van der Waals surface area contributed by atoms with Crippen LogP contribution in [0.5, 0.6) is 0 Å². The molecule has 0 aliphatic heterocycles. The van der Waals surface area contributed by atoms with Gasteiger partial charge < -0.3 is 0 Å². The van der Waals surface area contributed by atoms with E-state index in [2.05, 4.69) is 114 Å². The van der Waals surface area contributed by atoms with Crippen molar-refractivity contribution in [2.24, 2.45) is 0 Å². The predicted molar refractivity (Wildman–Crippen MR) is 166 cm³/mol. The molecule has 38 heavy (non-hydrogen) atoms. The number of rotatable bonds is 7. The van der Waals surface area contributed by atoms with E-state index in [9.17, 15) is 4.79 Å². The quantitative estimate of drug-likeness (QED) is 0.177. The fourth-order valence-corrected chi connectivity index (χ4v) is 9.56. The zero-order valence-corrected chi connectivity index (χ0v) is 23.5. The van der Waals surface area contributed by atoms with Crippen LogP contribution < -0.4 is 0 Å². The van der Waals surface area contributed by atoms with Gasteiger partial charge in [0.05, 0.1) is 11.8 Å². The van der Waals surface area contributed by atoms with Gasteiger partial charge in [0.2, 0.25) is 0 Å². The Kier molecular flexibility index (Phi) is 6.30. The highest BCUT2D eigenvalue weighted by molar-refractivity contribution is 7.19. The van der Waals surface area contributed by atoms with Gasteiger partial charge >= 0.3 is 0 Å². The average Bonchev–Trinajstić information content (AvgIpc) is 3.76. The molecule has 3 aromatic carbocycles. The minimum atomic E-state index is 0.0810. The lowest BCUT2D eigenvalue weighted by molar-refractivity contribution is 0.112. The first-order valence-electron chi connectivity index (χ1n) is 12.4. The summed E-state index contributed by atoms with van der Waals surface area (Å²) in [6.07, 6.45) is 1.000. The smallest absolute Gasteiger partial charge is 0.150 e. The fraction of sp³-hybridized carbons (Fsp3) is 0.0606. The van der Waals surface area contributed by atoms with Crippen molar-refractivity contribution < 1.29 is 4.79 Å². The van der Waals surface area contributed by atoms with Crippen LogP contribution in [0.1, 0.15) is 52.8 Å². The predicted octanol–water partition coefficient (Wildman–Crippen LogP) is 10.4. The normalized spacial score (nSPS) is 13.2. The third-order valence-corrected chi connectivity index (χ3v) is 11.2. The van der Waals surface area contributed by atoms with E-state index in [4.69, 9.17) is 0 Å². The van der Waals surface area contributed by atoms with Gasteiger partial charge in [0.25, 0.3) is 0 Å². The van der Waals surface area contributed by atoms with Gasteiger partial charge in [0.1, 0.15) is 6.29 Å². The zero-order valence-electron chi connectivity index (χ0n) is 20.2. The van der Waals surface area contributed by atoms with Crippen molar-refractivity contribution in [1.82, 2.24) is 0 Å². The molecule has 0 aliphatic rings. The summed E-state index contributed by atoms with van der Waals surface area (Å²) in [7, 11) is 0. The van der Waals surface area contributed by atoms with Gasteiger partial charge in [-0.2, -0.15) is 0 Å². The second-order valence-corrected chi connectivity index (χ2v) is 13.5. The molecule has 0 saturated carbocycles. The lowest BCUT2D eigenvalue weighted by atomic mass is 9.87. The number of fused-ring (bicyclic) bond motifs is 2. The molecule has 7 rings (SSSR count). The minimum Gasteiger partial charge on any atom is -0.298 e. The maximum atomic E-state index is 12.3. The Labute approximate surface area is 237 Å². The summed E-state index contributed by atoms with van der Waals surface area (Å²) in [6.45, 7) is 0. The largest absolute Gasteiger partial charge is 0.298 e. The molecule has 7 aromatic rings. The first-order valence-corrected chi connectivity index (χ1v) is 15.8. The molecule has 0 aliphatic carbocycles. The Bertz CT molecular complexity index is 1660. The Balaban J connectivity index is 1.43. The second kappa shape index (κ2) is 10.1.